The van der Waals surface area contributed by atoms with E-state index >= 15 is 0 Å². The van der Waals surface area contributed by atoms with Gasteiger partial charge >= 0.3 is 0 Å². The van der Waals surface area contributed by atoms with Crippen molar-refractivity contribution in [2.75, 3.05) is 5.32 Å². The molecule has 0 aliphatic carbocycles. The van der Waals surface area contributed by atoms with Crippen LogP contribution in [0.3, 0.4) is 0 Å². The van der Waals surface area contributed by atoms with Crippen molar-refractivity contribution in [1.82, 2.24) is 15.2 Å². The van der Waals surface area contributed by atoms with Gasteiger partial charge in [0.1, 0.15) is 0 Å². The lowest BCUT2D eigenvalue weighted by atomic mass is 10.1. The zero-order chi connectivity index (χ0) is 16.9. The number of anilines is 1. The molecule has 2 N–H and O–H groups in total. The maximum absolute atomic E-state index is 12.1. The number of amides is 1. The fraction of sp³-hybridized carbons (Fsp3) is 0.211. The highest BCUT2D eigenvalue weighted by Crippen LogP contribution is 2.22. The zero-order valence-corrected chi connectivity index (χ0v) is 13.8. The number of rotatable bonds is 5. The zero-order valence-electron chi connectivity index (χ0n) is 13.8. The summed E-state index contributed by atoms with van der Waals surface area (Å²) in [5.74, 6) is 0.496. The number of pyridine rings is 1. The van der Waals surface area contributed by atoms with Gasteiger partial charge in [-0.15, -0.1) is 0 Å². The normalized spacial score (nSPS) is 10.6. The molecule has 0 unspecified atom stereocenters. The van der Waals surface area contributed by atoms with Gasteiger partial charge in [-0.1, -0.05) is 29.8 Å². The van der Waals surface area contributed by atoms with Crippen LogP contribution in [0.2, 0.25) is 0 Å². The van der Waals surface area contributed by atoms with Crippen LogP contribution in [0.5, 0.6) is 0 Å². The summed E-state index contributed by atoms with van der Waals surface area (Å²) < 4.78 is 0. The van der Waals surface area contributed by atoms with E-state index < -0.39 is 0 Å². The van der Waals surface area contributed by atoms with E-state index in [9.17, 15) is 4.79 Å². The summed E-state index contributed by atoms with van der Waals surface area (Å²) in [6.07, 6.45) is 4.69. The van der Waals surface area contributed by atoms with Crippen LogP contribution >= 0.6 is 0 Å². The number of nitrogens with one attached hydrogen (secondary N) is 2. The Labute approximate surface area is 141 Å². The Morgan fingerprint density at radius 1 is 1.17 bits per heavy atom. The number of hydrogen-bond acceptors (Lipinski definition) is 3. The lowest BCUT2D eigenvalue weighted by molar-refractivity contribution is -0.116. The maximum Gasteiger partial charge on any atom is 0.225 e. The second-order valence-electron chi connectivity index (χ2n) is 5.89. The quantitative estimate of drug-likeness (QED) is 0.753. The van der Waals surface area contributed by atoms with E-state index in [0.29, 0.717) is 18.7 Å². The van der Waals surface area contributed by atoms with E-state index in [0.717, 1.165) is 22.4 Å². The Morgan fingerprint density at radius 2 is 1.96 bits per heavy atom. The van der Waals surface area contributed by atoms with Crippen LogP contribution in [0, 0.1) is 13.8 Å². The number of aryl methyl sites for hydroxylation is 3. The molecule has 0 aliphatic rings. The van der Waals surface area contributed by atoms with Crippen LogP contribution in [0.1, 0.15) is 23.1 Å². The third-order valence-corrected chi connectivity index (χ3v) is 3.92. The lowest BCUT2D eigenvalue weighted by Crippen LogP contribution is -2.12. The first-order valence-electron chi connectivity index (χ1n) is 7.93. The monoisotopic (exact) mass is 320 g/mol. The first-order chi connectivity index (χ1) is 11.6. The average molecular weight is 320 g/mol. The molecule has 0 radical (unpaired) electrons. The number of aromatic amines is 1. The summed E-state index contributed by atoms with van der Waals surface area (Å²) >= 11 is 0. The number of carbonyl (C=O) groups is 1. The van der Waals surface area contributed by atoms with Crippen molar-refractivity contribution in [3.8, 4) is 11.3 Å². The Balaban J connectivity index is 1.59. The summed E-state index contributed by atoms with van der Waals surface area (Å²) in [4.78, 5) is 16.2. The van der Waals surface area contributed by atoms with Crippen molar-refractivity contribution in [3.05, 3.63) is 65.5 Å². The smallest absolute Gasteiger partial charge is 0.225 e. The Kier molecular flexibility index (Phi) is 4.70. The number of carbonyl (C=O) groups excluding carboxylic acids is 1. The molecule has 24 heavy (non-hydrogen) atoms. The molecule has 0 atom stereocenters. The molecule has 0 saturated carbocycles. The maximum atomic E-state index is 12.1. The van der Waals surface area contributed by atoms with Crippen LogP contribution in [-0.2, 0) is 11.2 Å². The summed E-state index contributed by atoms with van der Waals surface area (Å²) in [7, 11) is 0. The van der Waals surface area contributed by atoms with Crippen LogP contribution in [0.25, 0.3) is 11.3 Å². The fourth-order valence-electron chi connectivity index (χ4n) is 2.52. The molecule has 5 heteroatoms. The molecule has 2 heterocycles. The summed E-state index contributed by atoms with van der Waals surface area (Å²) in [5, 5.41) is 9.95. The van der Waals surface area contributed by atoms with E-state index in [4.69, 9.17) is 0 Å². The molecule has 2 aromatic heterocycles. The molecule has 3 aromatic rings. The molecule has 122 valence electrons. The first-order valence-corrected chi connectivity index (χ1v) is 7.93. The van der Waals surface area contributed by atoms with Crippen molar-refractivity contribution in [2.45, 2.75) is 26.7 Å². The van der Waals surface area contributed by atoms with Crippen LogP contribution in [-0.4, -0.2) is 21.1 Å². The Bertz CT molecular complexity index is 837. The van der Waals surface area contributed by atoms with Gasteiger partial charge in [0.25, 0.3) is 0 Å². The van der Waals surface area contributed by atoms with Crippen molar-refractivity contribution < 1.29 is 4.79 Å². The van der Waals surface area contributed by atoms with E-state index in [2.05, 4.69) is 51.7 Å². The molecule has 3 rings (SSSR count). The van der Waals surface area contributed by atoms with Gasteiger partial charge in [-0.05, 0) is 37.5 Å². The van der Waals surface area contributed by atoms with Crippen molar-refractivity contribution >= 4 is 11.7 Å². The van der Waals surface area contributed by atoms with Crippen LogP contribution in [0.4, 0.5) is 5.82 Å². The molecular weight excluding hydrogens is 300 g/mol. The second kappa shape index (κ2) is 7.08. The number of benzene rings is 1. The molecule has 1 amide bonds. The van der Waals surface area contributed by atoms with Crippen molar-refractivity contribution in [3.63, 3.8) is 0 Å². The minimum Gasteiger partial charge on any atom is -0.309 e. The SMILES string of the molecule is Cc1ccc(CCC(=O)Nc2cc(-c3ccncc3C)[nH]n2)cc1. The van der Waals surface area contributed by atoms with E-state index in [-0.39, 0.29) is 5.91 Å². The van der Waals surface area contributed by atoms with E-state index in [1.807, 2.05) is 19.1 Å². The Morgan fingerprint density at radius 3 is 2.71 bits per heavy atom. The largest absolute Gasteiger partial charge is 0.309 e. The van der Waals surface area contributed by atoms with Gasteiger partial charge in [0.05, 0.1) is 5.69 Å². The second-order valence-corrected chi connectivity index (χ2v) is 5.89. The topological polar surface area (TPSA) is 70.7 Å². The molecule has 0 saturated heterocycles. The third kappa shape index (κ3) is 3.87. The minimum absolute atomic E-state index is 0.0416. The molecule has 0 spiro atoms. The molecule has 0 fully saturated rings. The lowest BCUT2D eigenvalue weighted by Gasteiger charge is -2.03. The predicted molar refractivity (Wildman–Crippen MR) is 94.7 cm³/mol. The van der Waals surface area contributed by atoms with E-state index in [1.165, 1.54) is 5.56 Å². The van der Waals surface area contributed by atoms with E-state index in [1.54, 1.807) is 12.4 Å². The fourth-order valence-corrected chi connectivity index (χ4v) is 2.52. The highest BCUT2D eigenvalue weighted by atomic mass is 16.1. The van der Waals surface area contributed by atoms with Gasteiger partial charge in [-0.2, -0.15) is 5.10 Å². The molecule has 5 nitrogen and oxygen atoms in total. The first kappa shape index (κ1) is 15.9. The van der Waals surface area contributed by atoms with Crippen LogP contribution in [0.15, 0.2) is 48.8 Å². The highest BCUT2D eigenvalue weighted by Gasteiger charge is 2.09. The van der Waals surface area contributed by atoms with Gasteiger partial charge in [0.2, 0.25) is 5.91 Å². The predicted octanol–water partition coefficient (Wildman–Crippen LogP) is 3.66. The number of H-pyrrole nitrogens is 1. The van der Waals surface area contributed by atoms with Crippen molar-refractivity contribution in [1.29, 1.82) is 0 Å². The van der Waals surface area contributed by atoms with Gasteiger partial charge in [-0.25, -0.2) is 0 Å². The number of nitrogens with zero attached hydrogens (tertiary/aromatic N) is 2. The average Bonchev–Trinajstić information content (AvgIpc) is 3.03. The third-order valence-electron chi connectivity index (χ3n) is 3.92. The van der Waals surface area contributed by atoms with Gasteiger partial charge in [0.15, 0.2) is 5.82 Å². The van der Waals surface area contributed by atoms with Gasteiger partial charge in [-0.3, -0.25) is 14.9 Å². The minimum atomic E-state index is -0.0416. The molecule has 0 bridgehead atoms. The number of hydrogen-bond donors (Lipinski definition) is 2. The van der Waals surface area contributed by atoms with Gasteiger partial charge < -0.3 is 5.32 Å². The molecule has 1 aromatic carbocycles. The molecular formula is C19H20N4O. The number of aromatic nitrogens is 3. The summed E-state index contributed by atoms with van der Waals surface area (Å²) in [5.41, 5.74) is 5.32. The molecule has 0 aliphatic heterocycles. The van der Waals surface area contributed by atoms with Crippen molar-refractivity contribution in [2.24, 2.45) is 0 Å². The summed E-state index contributed by atoms with van der Waals surface area (Å²) in [6.45, 7) is 4.04. The highest BCUT2D eigenvalue weighted by molar-refractivity contribution is 5.90. The Hall–Kier alpha value is -2.95. The van der Waals surface area contributed by atoms with Crippen LogP contribution < -0.4 is 5.32 Å². The summed E-state index contributed by atoms with van der Waals surface area (Å²) in [6, 6.07) is 12.0. The van der Waals surface area contributed by atoms with Gasteiger partial charge in [0, 0.05) is 30.4 Å². The standard InChI is InChI=1S/C19H20N4O/c1-13-3-5-15(6-4-13)7-8-19(24)21-18-11-17(22-23-18)16-9-10-20-12-14(16)2/h3-6,9-12H,7-8H2,1-2H3,(H2,21,22,23,24).